The van der Waals surface area contributed by atoms with Gasteiger partial charge in [0.2, 0.25) is 5.91 Å². The molecule has 0 spiro atoms. The van der Waals surface area contributed by atoms with Gasteiger partial charge in [-0.05, 0) is 26.0 Å². The summed E-state index contributed by atoms with van der Waals surface area (Å²) in [5.41, 5.74) is 0.656. The number of amides is 1. The molecule has 20 heavy (non-hydrogen) atoms. The van der Waals surface area contributed by atoms with Crippen LogP contribution in [0, 0.1) is 0 Å². The quantitative estimate of drug-likeness (QED) is 0.741. The van der Waals surface area contributed by atoms with Crippen LogP contribution in [0.3, 0.4) is 0 Å². The minimum absolute atomic E-state index is 0.0591. The molecule has 0 saturated carbocycles. The van der Waals surface area contributed by atoms with Gasteiger partial charge in [0, 0.05) is 30.0 Å². The number of nitrogens with one attached hydrogen (secondary N) is 1. The fraction of sp³-hybridized carbons (Fsp3) is 0.462. The largest absolute Gasteiger partial charge is 0.424 e. The fourth-order valence-corrected chi connectivity index (χ4v) is 3.49. The van der Waals surface area contributed by atoms with E-state index in [0.29, 0.717) is 31.1 Å². The molecule has 1 N–H and O–H groups in total. The predicted molar refractivity (Wildman–Crippen MR) is 83.5 cm³/mol. The van der Waals surface area contributed by atoms with Crippen molar-refractivity contribution in [3.05, 3.63) is 24.3 Å². The molecule has 0 aliphatic carbocycles. The van der Waals surface area contributed by atoms with Crippen molar-refractivity contribution in [3.8, 4) is 5.75 Å². The second-order valence-corrected chi connectivity index (χ2v) is 6.74. The molecule has 112 valence electrons. The topological polar surface area (TPSA) is 56.8 Å². The van der Waals surface area contributed by atoms with Crippen molar-refractivity contribution in [3.63, 3.8) is 0 Å². The first-order valence-corrected chi connectivity index (χ1v) is 9.07. The maximum absolute atomic E-state index is 11.4. The zero-order valence-corrected chi connectivity index (χ0v) is 13.6. The highest BCUT2D eigenvalue weighted by Gasteiger charge is 2.21. The summed E-state index contributed by atoms with van der Waals surface area (Å²) in [6, 6.07) is 7.01. The Labute approximate surface area is 124 Å². The molecule has 0 radical (unpaired) electrons. The van der Waals surface area contributed by atoms with Gasteiger partial charge in [0.15, 0.2) is 0 Å². The van der Waals surface area contributed by atoms with Crippen LogP contribution in [0.2, 0.25) is 0 Å². The summed E-state index contributed by atoms with van der Waals surface area (Å²) in [4.78, 5) is 11.4. The lowest BCUT2D eigenvalue weighted by molar-refractivity contribution is -0.115. The van der Waals surface area contributed by atoms with Gasteiger partial charge in [0.25, 0.3) is 0 Å². The van der Waals surface area contributed by atoms with Crippen LogP contribution in [-0.2, 0) is 25.6 Å². The average Bonchev–Trinajstić information content (AvgIpc) is 2.39. The highest BCUT2D eigenvalue weighted by atomic mass is 32.5. The molecule has 0 aliphatic heterocycles. The molecular formula is C13H20NO4PS. The van der Waals surface area contributed by atoms with Crippen LogP contribution in [0.25, 0.3) is 0 Å². The maximum atomic E-state index is 11.4. The van der Waals surface area contributed by atoms with Crippen LogP contribution in [0.4, 0.5) is 5.69 Å². The lowest BCUT2D eigenvalue weighted by Crippen LogP contribution is -2.09. The van der Waals surface area contributed by atoms with Gasteiger partial charge in [-0.3, -0.25) is 13.8 Å². The molecule has 5 nitrogen and oxygen atoms in total. The molecule has 0 fully saturated rings. The van der Waals surface area contributed by atoms with Crippen LogP contribution >= 0.6 is 6.72 Å². The Balaban J connectivity index is 2.83. The summed E-state index contributed by atoms with van der Waals surface area (Å²) in [5, 5.41) is 2.76. The van der Waals surface area contributed by atoms with Crippen molar-refractivity contribution < 1.29 is 18.4 Å². The van der Waals surface area contributed by atoms with E-state index >= 15 is 0 Å². The molecule has 0 aliphatic rings. The van der Waals surface area contributed by atoms with Crippen LogP contribution < -0.4 is 9.84 Å². The number of hydrogen-bond acceptors (Lipinski definition) is 5. The first-order chi connectivity index (χ1) is 9.53. The summed E-state index contributed by atoms with van der Waals surface area (Å²) in [6.07, 6.45) is 0.418. The number of anilines is 1. The molecule has 0 unspecified atom stereocenters. The van der Waals surface area contributed by atoms with Gasteiger partial charge in [-0.15, -0.1) is 0 Å². The Morgan fingerprint density at radius 3 is 2.45 bits per heavy atom. The summed E-state index contributed by atoms with van der Waals surface area (Å²) >= 11 is 5.29. The van der Waals surface area contributed by atoms with Crippen molar-refractivity contribution in [1.29, 1.82) is 0 Å². The standard InChI is InChI=1S/C13H20NO4PS/c1-4-13(15)14-11-8-7-9-12(10-11)18-19(20,16-5-2)17-6-3/h7-10H,4-6H2,1-3H3,(H,14,15). The highest BCUT2D eigenvalue weighted by molar-refractivity contribution is 8.07. The minimum atomic E-state index is -2.78. The number of benzene rings is 1. The van der Waals surface area contributed by atoms with E-state index in [1.165, 1.54) is 0 Å². The smallest absolute Gasteiger partial charge is 0.380 e. The Morgan fingerprint density at radius 2 is 1.90 bits per heavy atom. The van der Waals surface area contributed by atoms with E-state index in [-0.39, 0.29) is 5.91 Å². The van der Waals surface area contributed by atoms with Crippen molar-refractivity contribution in [1.82, 2.24) is 0 Å². The van der Waals surface area contributed by atoms with E-state index in [0.717, 1.165) is 0 Å². The van der Waals surface area contributed by atoms with E-state index in [2.05, 4.69) is 5.32 Å². The molecule has 1 aromatic rings. The van der Waals surface area contributed by atoms with Gasteiger partial charge in [0.05, 0.1) is 13.2 Å². The van der Waals surface area contributed by atoms with Gasteiger partial charge < -0.3 is 9.84 Å². The zero-order valence-electron chi connectivity index (χ0n) is 11.9. The number of carbonyl (C=O) groups excluding carboxylic acids is 1. The molecule has 1 rings (SSSR count). The second kappa shape index (κ2) is 8.37. The molecule has 1 aromatic carbocycles. The Morgan fingerprint density at radius 1 is 1.25 bits per heavy atom. The lowest BCUT2D eigenvalue weighted by Gasteiger charge is -2.21. The lowest BCUT2D eigenvalue weighted by atomic mass is 10.3. The van der Waals surface area contributed by atoms with E-state index < -0.39 is 6.72 Å². The summed E-state index contributed by atoms with van der Waals surface area (Å²) in [5.74, 6) is 0.459. The molecular weight excluding hydrogens is 297 g/mol. The molecule has 7 heteroatoms. The average molecular weight is 317 g/mol. The Bertz CT molecular complexity index is 485. The molecule has 0 aromatic heterocycles. The number of carbonyl (C=O) groups is 1. The van der Waals surface area contributed by atoms with Gasteiger partial charge in [-0.1, -0.05) is 13.0 Å². The Kier molecular flexibility index (Phi) is 7.16. The third kappa shape index (κ3) is 5.59. The van der Waals surface area contributed by atoms with Crippen molar-refractivity contribution in [2.75, 3.05) is 18.5 Å². The van der Waals surface area contributed by atoms with Gasteiger partial charge in [-0.25, -0.2) is 0 Å². The zero-order chi connectivity index (χ0) is 15.0. The van der Waals surface area contributed by atoms with Crippen LogP contribution in [0.1, 0.15) is 27.2 Å². The third-order valence-electron chi connectivity index (χ3n) is 2.23. The first-order valence-electron chi connectivity index (χ1n) is 6.51. The van der Waals surface area contributed by atoms with Crippen molar-refractivity contribution in [2.45, 2.75) is 27.2 Å². The molecule has 0 bridgehead atoms. The maximum Gasteiger partial charge on any atom is 0.380 e. The van der Waals surface area contributed by atoms with E-state index in [1.807, 2.05) is 13.8 Å². The summed E-state index contributed by atoms with van der Waals surface area (Å²) in [7, 11) is 0. The van der Waals surface area contributed by atoms with E-state index in [1.54, 1.807) is 31.2 Å². The second-order valence-electron chi connectivity index (χ2n) is 3.80. The fourth-order valence-electron chi connectivity index (χ4n) is 1.42. The van der Waals surface area contributed by atoms with Crippen LogP contribution in [0.5, 0.6) is 5.75 Å². The molecule has 0 saturated heterocycles. The molecule has 1 amide bonds. The monoisotopic (exact) mass is 317 g/mol. The number of hydrogen-bond donors (Lipinski definition) is 1. The predicted octanol–water partition coefficient (Wildman–Crippen LogP) is 3.71. The molecule has 0 atom stereocenters. The SMILES string of the molecule is CCOP(=S)(OCC)Oc1cccc(NC(=O)CC)c1. The van der Waals surface area contributed by atoms with Crippen LogP contribution in [-0.4, -0.2) is 19.1 Å². The third-order valence-corrected chi connectivity index (χ3v) is 4.67. The van der Waals surface area contributed by atoms with Crippen LogP contribution in [0.15, 0.2) is 24.3 Å². The van der Waals surface area contributed by atoms with Crippen molar-refractivity contribution >= 4 is 30.1 Å². The van der Waals surface area contributed by atoms with E-state index in [4.69, 9.17) is 25.4 Å². The van der Waals surface area contributed by atoms with Crippen molar-refractivity contribution in [2.24, 2.45) is 0 Å². The van der Waals surface area contributed by atoms with E-state index in [9.17, 15) is 4.79 Å². The Hall–Kier alpha value is -0.940. The highest BCUT2D eigenvalue weighted by Crippen LogP contribution is 2.49. The number of rotatable bonds is 8. The van der Waals surface area contributed by atoms with Gasteiger partial charge in [0.1, 0.15) is 5.75 Å². The summed E-state index contributed by atoms with van der Waals surface area (Å²) < 4.78 is 16.5. The normalized spacial score (nSPS) is 11.2. The first kappa shape index (κ1) is 17.1. The van der Waals surface area contributed by atoms with Gasteiger partial charge in [-0.2, -0.15) is 0 Å². The van der Waals surface area contributed by atoms with Gasteiger partial charge >= 0.3 is 6.72 Å². The summed E-state index contributed by atoms with van der Waals surface area (Å²) in [6.45, 7) is 3.52. The molecule has 0 heterocycles. The minimum Gasteiger partial charge on any atom is -0.424 e.